The summed E-state index contributed by atoms with van der Waals surface area (Å²) in [4.78, 5) is 12.8. The monoisotopic (exact) mass is 172 g/mol. The summed E-state index contributed by atoms with van der Waals surface area (Å²) in [6.45, 7) is 4.03. The van der Waals surface area contributed by atoms with Crippen molar-refractivity contribution in [2.45, 2.75) is 26.2 Å². The van der Waals surface area contributed by atoms with Crippen molar-refractivity contribution in [1.82, 2.24) is 9.96 Å². The van der Waals surface area contributed by atoms with Crippen LogP contribution in [0.1, 0.15) is 26.2 Å². The van der Waals surface area contributed by atoms with Crippen LogP contribution in [0.25, 0.3) is 0 Å². The normalized spacial score (nSPS) is 17.7. The second-order valence-electron chi connectivity index (χ2n) is 3.10. The van der Waals surface area contributed by atoms with Gasteiger partial charge in [-0.1, -0.05) is 19.8 Å². The van der Waals surface area contributed by atoms with Crippen LogP contribution in [0.5, 0.6) is 0 Å². The Labute approximate surface area is 72.7 Å². The Morgan fingerprint density at radius 2 is 2.17 bits per heavy atom. The fourth-order valence-electron chi connectivity index (χ4n) is 1.33. The highest BCUT2D eigenvalue weighted by Gasteiger charge is 2.25. The quantitative estimate of drug-likeness (QED) is 0.513. The highest BCUT2D eigenvalue weighted by Crippen LogP contribution is 2.07. The average Bonchev–Trinajstić information content (AvgIpc) is 2.36. The van der Waals surface area contributed by atoms with E-state index in [1.165, 1.54) is 0 Å². The topological polar surface area (TPSA) is 43.8 Å². The number of rotatable bonds is 4. The van der Waals surface area contributed by atoms with Gasteiger partial charge in [-0.15, -0.1) is 0 Å². The van der Waals surface area contributed by atoms with Crippen molar-refractivity contribution in [2.24, 2.45) is 0 Å². The Hall–Kier alpha value is -0.770. The first-order valence-electron chi connectivity index (χ1n) is 4.51. The highest BCUT2D eigenvalue weighted by atomic mass is 16.5. The molecular weight excluding hydrogens is 156 g/mol. The van der Waals surface area contributed by atoms with Crippen LogP contribution in [-0.4, -0.2) is 40.8 Å². The molecule has 0 atom stereocenters. The van der Waals surface area contributed by atoms with Gasteiger partial charge in [0.2, 0.25) is 0 Å². The third-order valence-electron chi connectivity index (χ3n) is 2.10. The smallest absolute Gasteiger partial charge is 0.321 e. The highest BCUT2D eigenvalue weighted by molar-refractivity contribution is 5.75. The van der Waals surface area contributed by atoms with Crippen molar-refractivity contribution < 1.29 is 10.0 Å². The van der Waals surface area contributed by atoms with Gasteiger partial charge in [-0.3, -0.25) is 5.21 Å². The zero-order chi connectivity index (χ0) is 8.97. The minimum absolute atomic E-state index is 0.244. The molecule has 1 N–H and O–H groups in total. The first kappa shape index (κ1) is 9.32. The lowest BCUT2D eigenvalue weighted by atomic mass is 10.2. The Morgan fingerprint density at radius 1 is 1.42 bits per heavy atom. The maximum atomic E-state index is 11.1. The maximum Gasteiger partial charge on any atom is 0.343 e. The number of hydrogen-bond acceptors (Lipinski definition) is 2. The lowest BCUT2D eigenvalue weighted by Gasteiger charge is -2.14. The third kappa shape index (κ3) is 2.11. The van der Waals surface area contributed by atoms with Crippen LogP contribution in [0.4, 0.5) is 4.79 Å². The molecule has 1 saturated heterocycles. The molecule has 0 aromatic rings. The number of amides is 2. The molecule has 0 saturated carbocycles. The van der Waals surface area contributed by atoms with Crippen LogP contribution in [0.15, 0.2) is 0 Å². The lowest BCUT2D eigenvalue weighted by Crippen LogP contribution is -2.30. The summed E-state index contributed by atoms with van der Waals surface area (Å²) in [6.07, 6.45) is 3.34. The van der Waals surface area contributed by atoms with Gasteiger partial charge in [0.05, 0.1) is 6.54 Å². The maximum absolute atomic E-state index is 11.1. The predicted molar refractivity (Wildman–Crippen MR) is 45.0 cm³/mol. The summed E-state index contributed by atoms with van der Waals surface area (Å²) < 4.78 is 0. The van der Waals surface area contributed by atoms with Crippen molar-refractivity contribution in [3.8, 4) is 0 Å². The van der Waals surface area contributed by atoms with E-state index in [1.807, 2.05) is 0 Å². The summed E-state index contributed by atoms with van der Waals surface area (Å²) >= 11 is 0. The number of hydrogen-bond donors (Lipinski definition) is 1. The molecule has 0 unspecified atom stereocenters. The van der Waals surface area contributed by atoms with Crippen molar-refractivity contribution in [3.63, 3.8) is 0 Å². The standard InChI is InChI=1S/C8H16N2O2/c1-2-3-4-5-9-6-7-10(12)8(9)11/h12H,2-7H2,1H3. The van der Waals surface area contributed by atoms with Crippen molar-refractivity contribution in [1.29, 1.82) is 0 Å². The molecule has 1 fully saturated rings. The zero-order valence-corrected chi connectivity index (χ0v) is 7.49. The SMILES string of the molecule is CCCCCN1CCN(O)C1=O. The number of carbonyl (C=O) groups excluding carboxylic acids is 1. The molecule has 0 bridgehead atoms. The van der Waals surface area contributed by atoms with Gasteiger partial charge in [-0.25, -0.2) is 9.86 Å². The van der Waals surface area contributed by atoms with Crippen molar-refractivity contribution >= 4 is 6.03 Å². The zero-order valence-electron chi connectivity index (χ0n) is 7.49. The molecule has 1 heterocycles. The number of nitrogens with zero attached hydrogens (tertiary/aromatic N) is 2. The van der Waals surface area contributed by atoms with Crippen LogP contribution in [0, 0.1) is 0 Å². The first-order chi connectivity index (χ1) is 5.75. The molecule has 0 radical (unpaired) electrons. The van der Waals surface area contributed by atoms with Gasteiger partial charge in [-0.05, 0) is 6.42 Å². The molecule has 70 valence electrons. The van der Waals surface area contributed by atoms with E-state index < -0.39 is 0 Å². The lowest BCUT2D eigenvalue weighted by molar-refractivity contribution is -0.0266. The second kappa shape index (κ2) is 4.30. The van der Waals surface area contributed by atoms with Crippen molar-refractivity contribution in [3.05, 3.63) is 0 Å². The Kier molecular flexibility index (Phi) is 3.34. The largest absolute Gasteiger partial charge is 0.343 e. The minimum Gasteiger partial charge on any atom is -0.321 e. The van der Waals surface area contributed by atoms with E-state index >= 15 is 0 Å². The second-order valence-corrected chi connectivity index (χ2v) is 3.10. The molecule has 1 aliphatic heterocycles. The predicted octanol–water partition coefficient (Wildman–Crippen LogP) is 1.30. The van der Waals surface area contributed by atoms with Crippen LogP contribution < -0.4 is 0 Å². The molecule has 0 aliphatic carbocycles. The van der Waals surface area contributed by atoms with E-state index in [0.717, 1.165) is 30.9 Å². The number of hydroxylamine groups is 2. The van der Waals surface area contributed by atoms with E-state index in [0.29, 0.717) is 13.1 Å². The Morgan fingerprint density at radius 3 is 2.67 bits per heavy atom. The van der Waals surface area contributed by atoms with Crippen LogP contribution in [0.3, 0.4) is 0 Å². The van der Waals surface area contributed by atoms with Gasteiger partial charge in [-0.2, -0.15) is 0 Å². The van der Waals surface area contributed by atoms with E-state index in [1.54, 1.807) is 4.90 Å². The van der Waals surface area contributed by atoms with Gasteiger partial charge in [0.25, 0.3) is 0 Å². The van der Waals surface area contributed by atoms with Crippen LogP contribution in [0.2, 0.25) is 0 Å². The van der Waals surface area contributed by atoms with Gasteiger partial charge in [0, 0.05) is 13.1 Å². The Balaban J connectivity index is 2.20. The molecule has 0 spiro atoms. The van der Waals surface area contributed by atoms with Crippen molar-refractivity contribution in [2.75, 3.05) is 19.6 Å². The van der Waals surface area contributed by atoms with Gasteiger partial charge >= 0.3 is 6.03 Å². The summed E-state index contributed by atoms with van der Waals surface area (Å²) in [5, 5.41) is 9.75. The van der Waals surface area contributed by atoms with E-state index in [4.69, 9.17) is 5.21 Å². The van der Waals surface area contributed by atoms with Gasteiger partial charge in [0.1, 0.15) is 0 Å². The minimum atomic E-state index is -0.244. The number of carbonyl (C=O) groups is 1. The number of urea groups is 1. The summed E-state index contributed by atoms with van der Waals surface area (Å²) in [5.41, 5.74) is 0. The number of unbranched alkanes of at least 4 members (excludes halogenated alkanes) is 2. The summed E-state index contributed by atoms with van der Waals surface area (Å²) in [5.74, 6) is 0. The molecular formula is C8H16N2O2. The van der Waals surface area contributed by atoms with Gasteiger partial charge in [0.15, 0.2) is 0 Å². The first-order valence-corrected chi connectivity index (χ1v) is 4.51. The molecule has 1 aliphatic rings. The molecule has 1 rings (SSSR count). The molecule has 0 aromatic carbocycles. The summed E-state index contributed by atoms with van der Waals surface area (Å²) in [7, 11) is 0. The fraction of sp³-hybridized carbons (Fsp3) is 0.875. The molecule has 4 heteroatoms. The molecule has 2 amide bonds. The molecule has 0 aromatic heterocycles. The fourth-order valence-corrected chi connectivity index (χ4v) is 1.33. The van der Waals surface area contributed by atoms with E-state index in [-0.39, 0.29) is 6.03 Å². The van der Waals surface area contributed by atoms with Crippen LogP contribution in [-0.2, 0) is 0 Å². The average molecular weight is 172 g/mol. The summed E-state index contributed by atoms with van der Waals surface area (Å²) in [6, 6.07) is -0.244. The third-order valence-corrected chi connectivity index (χ3v) is 2.10. The van der Waals surface area contributed by atoms with E-state index in [9.17, 15) is 4.79 Å². The molecule has 4 nitrogen and oxygen atoms in total. The van der Waals surface area contributed by atoms with E-state index in [2.05, 4.69) is 6.92 Å². The van der Waals surface area contributed by atoms with Crippen LogP contribution >= 0.6 is 0 Å². The Bertz CT molecular complexity index is 161. The molecule has 12 heavy (non-hydrogen) atoms. The van der Waals surface area contributed by atoms with Gasteiger partial charge < -0.3 is 4.90 Å².